The number of carboxylic acid groups (broad SMARTS) is 1. The second-order valence-corrected chi connectivity index (χ2v) is 3.80. The molecule has 0 aliphatic carbocycles. The number of hydrogen-bond acceptors (Lipinski definition) is 2. The Morgan fingerprint density at radius 3 is 2.59 bits per heavy atom. The summed E-state index contributed by atoms with van der Waals surface area (Å²) < 4.78 is 36.8. The van der Waals surface area contributed by atoms with Crippen molar-refractivity contribution in [3.63, 3.8) is 0 Å². The van der Waals surface area contributed by atoms with Crippen LogP contribution in [0.3, 0.4) is 0 Å². The lowest BCUT2D eigenvalue weighted by molar-refractivity contribution is -0.138. The summed E-state index contributed by atoms with van der Waals surface area (Å²) in [6.07, 6.45) is -3.33. The number of hydrogen-bond donors (Lipinski definition) is 1. The first kappa shape index (κ1) is 13.8. The third kappa shape index (κ3) is 4.22. The van der Waals surface area contributed by atoms with E-state index in [0.717, 1.165) is 6.07 Å². The van der Waals surface area contributed by atoms with E-state index in [2.05, 4.69) is 4.98 Å². The van der Waals surface area contributed by atoms with Crippen molar-refractivity contribution >= 4 is 17.6 Å². The molecule has 0 aliphatic rings. The Morgan fingerprint density at radius 1 is 1.47 bits per heavy atom. The maximum absolute atomic E-state index is 12.3. The zero-order valence-corrected chi connectivity index (χ0v) is 9.35. The maximum atomic E-state index is 12.3. The molecule has 94 valence electrons. The van der Waals surface area contributed by atoms with Gasteiger partial charge in [0.2, 0.25) is 0 Å². The van der Waals surface area contributed by atoms with E-state index >= 15 is 0 Å². The highest BCUT2D eigenvalue weighted by molar-refractivity contribution is 6.31. The van der Waals surface area contributed by atoms with Crippen molar-refractivity contribution in [3.8, 4) is 0 Å². The van der Waals surface area contributed by atoms with Crippen molar-refractivity contribution in [1.82, 2.24) is 4.98 Å². The van der Waals surface area contributed by atoms with Crippen molar-refractivity contribution in [2.45, 2.75) is 25.4 Å². The van der Waals surface area contributed by atoms with Crippen LogP contribution in [0.2, 0.25) is 5.02 Å². The predicted octanol–water partition coefficient (Wildman–Crippen LogP) is 3.16. The van der Waals surface area contributed by atoms with Crippen molar-refractivity contribution in [2.24, 2.45) is 0 Å². The fraction of sp³-hybridized carbons (Fsp3) is 0.400. The van der Waals surface area contributed by atoms with Crippen molar-refractivity contribution in [3.05, 3.63) is 28.5 Å². The van der Waals surface area contributed by atoms with Crippen LogP contribution >= 0.6 is 11.6 Å². The number of pyridine rings is 1. The number of halogens is 4. The number of carbonyl (C=O) groups is 1. The van der Waals surface area contributed by atoms with E-state index in [4.69, 9.17) is 16.7 Å². The molecule has 0 unspecified atom stereocenters. The first-order valence-corrected chi connectivity index (χ1v) is 5.12. The smallest absolute Gasteiger partial charge is 0.417 e. The number of carboxylic acids is 1. The Morgan fingerprint density at radius 2 is 2.12 bits per heavy atom. The predicted molar refractivity (Wildman–Crippen MR) is 54.8 cm³/mol. The van der Waals surface area contributed by atoms with Gasteiger partial charge in [0.15, 0.2) is 0 Å². The summed E-state index contributed by atoms with van der Waals surface area (Å²) in [5.41, 5.74) is -0.634. The van der Waals surface area contributed by atoms with Gasteiger partial charge >= 0.3 is 12.1 Å². The number of alkyl halides is 3. The largest absolute Gasteiger partial charge is 0.481 e. The van der Waals surface area contributed by atoms with Crippen LogP contribution in [0.15, 0.2) is 12.3 Å². The molecular weight excluding hydrogens is 259 g/mol. The number of nitrogens with zero attached hydrogens (tertiary/aromatic N) is 1. The third-order valence-electron chi connectivity index (χ3n) is 2.05. The summed E-state index contributed by atoms with van der Waals surface area (Å²) in [6.45, 7) is 0. The molecule has 0 amide bonds. The summed E-state index contributed by atoms with van der Waals surface area (Å²) in [5, 5.41) is 8.32. The van der Waals surface area contributed by atoms with E-state index in [1.165, 1.54) is 0 Å². The Kier molecular flexibility index (Phi) is 4.34. The maximum Gasteiger partial charge on any atom is 0.417 e. The molecule has 0 saturated heterocycles. The normalized spacial score (nSPS) is 11.5. The first-order chi connectivity index (χ1) is 7.80. The van der Waals surface area contributed by atoms with Gasteiger partial charge in [-0.15, -0.1) is 0 Å². The molecule has 0 saturated carbocycles. The Labute approximate surface area is 100 Å². The SMILES string of the molecule is O=C(O)CCCc1ncc(C(F)(F)F)cc1Cl. The van der Waals surface area contributed by atoms with Crippen LogP contribution in [-0.4, -0.2) is 16.1 Å². The molecule has 7 heteroatoms. The van der Waals surface area contributed by atoms with E-state index < -0.39 is 17.7 Å². The van der Waals surface area contributed by atoms with E-state index in [1.54, 1.807) is 0 Å². The van der Waals surface area contributed by atoms with Crippen molar-refractivity contribution in [2.75, 3.05) is 0 Å². The van der Waals surface area contributed by atoms with E-state index in [9.17, 15) is 18.0 Å². The first-order valence-electron chi connectivity index (χ1n) is 4.74. The average Bonchev–Trinajstić information content (AvgIpc) is 2.18. The number of aryl methyl sites for hydroxylation is 1. The summed E-state index contributed by atoms with van der Waals surface area (Å²) >= 11 is 5.64. The minimum atomic E-state index is -4.48. The summed E-state index contributed by atoms with van der Waals surface area (Å²) in [4.78, 5) is 13.9. The number of rotatable bonds is 4. The zero-order valence-electron chi connectivity index (χ0n) is 8.59. The van der Waals surface area contributed by atoms with Crippen LogP contribution in [0.5, 0.6) is 0 Å². The van der Waals surface area contributed by atoms with Gasteiger partial charge in [-0.1, -0.05) is 11.6 Å². The molecule has 0 radical (unpaired) electrons. The van der Waals surface area contributed by atoms with Crippen LogP contribution < -0.4 is 0 Å². The van der Waals surface area contributed by atoms with Crippen LogP contribution in [0.1, 0.15) is 24.1 Å². The second kappa shape index (κ2) is 5.35. The molecule has 1 aromatic heterocycles. The molecule has 1 N–H and O–H groups in total. The summed E-state index contributed by atoms with van der Waals surface area (Å²) in [5.74, 6) is -0.965. The monoisotopic (exact) mass is 267 g/mol. The highest BCUT2D eigenvalue weighted by Crippen LogP contribution is 2.31. The molecule has 1 rings (SSSR count). The lowest BCUT2D eigenvalue weighted by Crippen LogP contribution is -2.07. The van der Waals surface area contributed by atoms with Crippen LogP contribution in [0.25, 0.3) is 0 Å². The highest BCUT2D eigenvalue weighted by Gasteiger charge is 2.31. The van der Waals surface area contributed by atoms with Gasteiger partial charge in [-0.3, -0.25) is 9.78 Å². The molecule has 3 nitrogen and oxygen atoms in total. The molecule has 0 aliphatic heterocycles. The van der Waals surface area contributed by atoms with Gasteiger partial charge in [-0.05, 0) is 18.9 Å². The third-order valence-corrected chi connectivity index (χ3v) is 2.38. The molecule has 17 heavy (non-hydrogen) atoms. The Bertz CT molecular complexity index is 421. The molecule has 1 aromatic rings. The Hall–Kier alpha value is -1.30. The van der Waals surface area contributed by atoms with Gasteiger partial charge in [0.25, 0.3) is 0 Å². The number of aliphatic carboxylic acids is 1. The van der Waals surface area contributed by atoms with Gasteiger partial charge in [-0.25, -0.2) is 0 Å². The van der Waals surface area contributed by atoms with Crippen LogP contribution in [0, 0.1) is 0 Å². The van der Waals surface area contributed by atoms with E-state index in [0.29, 0.717) is 6.20 Å². The molecule has 0 aromatic carbocycles. The van der Waals surface area contributed by atoms with Gasteiger partial charge in [-0.2, -0.15) is 13.2 Å². The summed E-state index contributed by atoms with van der Waals surface area (Å²) in [7, 11) is 0. The van der Waals surface area contributed by atoms with E-state index in [1.807, 2.05) is 0 Å². The molecule has 1 heterocycles. The second-order valence-electron chi connectivity index (χ2n) is 3.40. The molecule has 0 fully saturated rings. The van der Waals surface area contributed by atoms with Gasteiger partial charge < -0.3 is 5.11 Å². The van der Waals surface area contributed by atoms with Gasteiger partial charge in [0.05, 0.1) is 16.3 Å². The van der Waals surface area contributed by atoms with Crippen LogP contribution in [0.4, 0.5) is 13.2 Å². The highest BCUT2D eigenvalue weighted by atomic mass is 35.5. The minimum absolute atomic E-state index is 0.0704. The standard InChI is InChI=1S/C10H9ClF3NO2/c11-7-4-6(10(12,13)14)5-15-8(7)2-1-3-9(16)17/h4-5H,1-3H2,(H,16,17). The van der Waals surface area contributed by atoms with Gasteiger partial charge in [0, 0.05) is 12.6 Å². The molecular formula is C10H9ClF3NO2. The zero-order chi connectivity index (χ0) is 13.1. The molecule has 0 spiro atoms. The fourth-order valence-corrected chi connectivity index (χ4v) is 1.47. The quantitative estimate of drug-likeness (QED) is 0.912. The minimum Gasteiger partial charge on any atom is -0.481 e. The average molecular weight is 268 g/mol. The Balaban J connectivity index is 2.73. The lowest BCUT2D eigenvalue weighted by atomic mass is 10.1. The topological polar surface area (TPSA) is 50.2 Å². The van der Waals surface area contributed by atoms with Crippen LogP contribution in [-0.2, 0) is 17.4 Å². The fourth-order valence-electron chi connectivity index (χ4n) is 1.21. The van der Waals surface area contributed by atoms with Gasteiger partial charge in [0.1, 0.15) is 0 Å². The van der Waals surface area contributed by atoms with Crippen molar-refractivity contribution in [1.29, 1.82) is 0 Å². The lowest BCUT2D eigenvalue weighted by Gasteiger charge is -2.08. The molecule has 0 bridgehead atoms. The summed E-state index contributed by atoms with van der Waals surface area (Å²) in [6, 6.07) is 0.796. The molecule has 0 atom stereocenters. The van der Waals surface area contributed by atoms with E-state index in [-0.39, 0.29) is 30.0 Å². The number of aromatic nitrogens is 1. The van der Waals surface area contributed by atoms with Crippen molar-refractivity contribution < 1.29 is 23.1 Å².